The maximum atomic E-state index is 11.7. The second-order valence-corrected chi connectivity index (χ2v) is 5.17. The summed E-state index contributed by atoms with van der Waals surface area (Å²) >= 11 is 0. The molecule has 0 N–H and O–H groups in total. The van der Waals surface area contributed by atoms with E-state index in [0.717, 1.165) is 37.6 Å². The predicted molar refractivity (Wildman–Crippen MR) is 88.9 cm³/mol. The van der Waals surface area contributed by atoms with Crippen molar-refractivity contribution >= 4 is 17.9 Å². The Balaban J connectivity index is 1.56. The summed E-state index contributed by atoms with van der Waals surface area (Å²) in [4.78, 5) is 18.9. The van der Waals surface area contributed by atoms with Crippen molar-refractivity contribution in [2.24, 2.45) is 5.16 Å². The zero-order chi connectivity index (χ0) is 15.9. The molecule has 0 spiro atoms. The minimum absolute atomic E-state index is 0.466. The zero-order valence-corrected chi connectivity index (χ0v) is 12.7. The third-order valence-electron chi connectivity index (χ3n) is 3.62. The number of rotatable bonds is 4. The van der Waals surface area contributed by atoms with Crippen molar-refractivity contribution in [1.82, 2.24) is 0 Å². The Morgan fingerprint density at radius 3 is 2.43 bits per heavy atom. The highest BCUT2D eigenvalue weighted by molar-refractivity contribution is 5.90. The van der Waals surface area contributed by atoms with Crippen LogP contribution in [0, 0.1) is 0 Å². The third-order valence-corrected chi connectivity index (χ3v) is 3.62. The van der Waals surface area contributed by atoms with E-state index in [9.17, 15) is 4.79 Å². The van der Waals surface area contributed by atoms with E-state index >= 15 is 0 Å². The lowest BCUT2D eigenvalue weighted by Crippen LogP contribution is -2.36. The quantitative estimate of drug-likeness (QED) is 0.495. The molecule has 0 aromatic heterocycles. The molecule has 23 heavy (non-hydrogen) atoms. The summed E-state index contributed by atoms with van der Waals surface area (Å²) in [5, 5.41) is 3.75. The molecule has 1 fully saturated rings. The van der Waals surface area contributed by atoms with Gasteiger partial charge in [0.1, 0.15) is 0 Å². The standard InChI is InChI=1S/C18H18N2O3/c21-18(16-4-2-1-3-5-16)23-19-14-15-6-8-17(9-7-15)20-10-12-22-13-11-20/h1-9,14H,10-13H2. The second-order valence-electron chi connectivity index (χ2n) is 5.17. The largest absolute Gasteiger partial charge is 0.378 e. The number of ether oxygens (including phenoxy) is 1. The maximum Gasteiger partial charge on any atom is 0.365 e. The molecule has 3 rings (SSSR count). The van der Waals surface area contributed by atoms with Gasteiger partial charge in [0.2, 0.25) is 0 Å². The smallest absolute Gasteiger partial charge is 0.365 e. The van der Waals surface area contributed by atoms with Crippen LogP contribution in [0.5, 0.6) is 0 Å². The van der Waals surface area contributed by atoms with Crippen LogP contribution in [0.3, 0.4) is 0 Å². The molecule has 0 atom stereocenters. The predicted octanol–water partition coefficient (Wildman–Crippen LogP) is 2.71. The van der Waals surface area contributed by atoms with Gasteiger partial charge in [0.05, 0.1) is 25.0 Å². The summed E-state index contributed by atoms with van der Waals surface area (Å²) in [5.74, 6) is -0.466. The Kier molecular flexibility index (Phi) is 5.01. The van der Waals surface area contributed by atoms with Gasteiger partial charge in [-0.2, -0.15) is 0 Å². The maximum absolute atomic E-state index is 11.7. The van der Waals surface area contributed by atoms with Gasteiger partial charge in [-0.15, -0.1) is 0 Å². The zero-order valence-electron chi connectivity index (χ0n) is 12.7. The number of hydrogen-bond donors (Lipinski definition) is 0. The van der Waals surface area contributed by atoms with Crippen molar-refractivity contribution in [2.45, 2.75) is 0 Å². The van der Waals surface area contributed by atoms with E-state index in [1.807, 2.05) is 30.3 Å². The minimum Gasteiger partial charge on any atom is -0.378 e. The Morgan fingerprint density at radius 2 is 1.74 bits per heavy atom. The van der Waals surface area contributed by atoms with Crippen molar-refractivity contribution in [3.63, 3.8) is 0 Å². The van der Waals surface area contributed by atoms with Gasteiger partial charge in [-0.1, -0.05) is 35.5 Å². The van der Waals surface area contributed by atoms with Crippen LogP contribution in [0.25, 0.3) is 0 Å². The normalized spacial score (nSPS) is 14.9. The van der Waals surface area contributed by atoms with Crippen molar-refractivity contribution in [3.05, 3.63) is 65.7 Å². The first-order valence-corrected chi connectivity index (χ1v) is 7.55. The van der Waals surface area contributed by atoms with Crippen LogP contribution in [0.2, 0.25) is 0 Å². The molecule has 0 aliphatic carbocycles. The molecule has 0 unspecified atom stereocenters. The molecule has 5 nitrogen and oxygen atoms in total. The van der Waals surface area contributed by atoms with Crippen molar-refractivity contribution < 1.29 is 14.4 Å². The van der Waals surface area contributed by atoms with Crippen LogP contribution in [-0.4, -0.2) is 38.5 Å². The number of carbonyl (C=O) groups is 1. The van der Waals surface area contributed by atoms with E-state index in [4.69, 9.17) is 9.57 Å². The minimum atomic E-state index is -0.466. The van der Waals surface area contributed by atoms with E-state index in [1.54, 1.807) is 24.3 Å². The Bertz CT molecular complexity index is 662. The number of morpholine rings is 1. The van der Waals surface area contributed by atoms with Crippen LogP contribution in [0.1, 0.15) is 15.9 Å². The van der Waals surface area contributed by atoms with Crippen LogP contribution < -0.4 is 4.90 Å². The van der Waals surface area contributed by atoms with Crippen molar-refractivity contribution in [2.75, 3.05) is 31.2 Å². The lowest BCUT2D eigenvalue weighted by molar-refractivity contribution is 0.0519. The first-order valence-electron chi connectivity index (χ1n) is 7.55. The lowest BCUT2D eigenvalue weighted by Gasteiger charge is -2.28. The Labute approximate surface area is 135 Å². The molecule has 0 amide bonds. The number of benzene rings is 2. The first-order chi connectivity index (χ1) is 11.3. The summed E-state index contributed by atoms with van der Waals surface area (Å²) in [5.41, 5.74) is 2.52. The van der Waals surface area contributed by atoms with Crippen LogP contribution in [-0.2, 0) is 9.57 Å². The second kappa shape index (κ2) is 7.56. The van der Waals surface area contributed by atoms with E-state index in [2.05, 4.69) is 10.1 Å². The van der Waals surface area contributed by atoms with Gasteiger partial charge in [0.25, 0.3) is 0 Å². The van der Waals surface area contributed by atoms with E-state index < -0.39 is 5.97 Å². The van der Waals surface area contributed by atoms with Gasteiger partial charge in [0.15, 0.2) is 0 Å². The summed E-state index contributed by atoms with van der Waals surface area (Å²) in [6.07, 6.45) is 1.53. The van der Waals surface area contributed by atoms with Gasteiger partial charge in [-0.25, -0.2) is 4.79 Å². The number of hydrogen-bond acceptors (Lipinski definition) is 5. The topological polar surface area (TPSA) is 51.1 Å². The Hall–Kier alpha value is -2.66. The summed E-state index contributed by atoms with van der Waals surface area (Å²) in [6.45, 7) is 3.33. The van der Waals surface area contributed by atoms with Crippen LogP contribution in [0.4, 0.5) is 5.69 Å². The highest BCUT2D eigenvalue weighted by Gasteiger charge is 2.10. The monoisotopic (exact) mass is 310 g/mol. The van der Waals surface area contributed by atoms with Gasteiger partial charge in [-0.05, 0) is 29.8 Å². The molecule has 1 aliphatic rings. The SMILES string of the molecule is O=C(ON=Cc1ccc(N2CCOCC2)cc1)c1ccccc1. The molecule has 0 radical (unpaired) electrons. The van der Waals surface area contributed by atoms with E-state index in [-0.39, 0.29) is 0 Å². The highest BCUT2D eigenvalue weighted by Crippen LogP contribution is 2.16. The molecule has 2 aromatic rings. The molecule has 1 aliphatic heterocycles. The highest BCUT2D eigenvalue weighted by atomic mass is 16.7. The number of nitrogens with zero attached hydrogens (tertiary/aromatic N) is 2. The molecule has 1 heterocycles. The molecule has 2 aromatic carbocycles. The molecular formula is C18H18N2O3. The lowest BCUT2D eigenvalue weighted by atomic mass is 10.2. The fraction of sp³-hybridized carbons (Fsp3) is 0.222. The third kappa shape index (κ3) is 4.17. The van der Waals surface area contributed by atoms with E-state index in [0.29, 0.717) is 5.56 Å². The average Bonchev–Trinajstić information content (AvgIpc) is 2.64. The molecule has 0 saturated carbocycles. The number of anilines is 1. The summed E-state index contributed by atoms with van der Waals surface area (Å²) in [7, 11) is 0. The molecular weight excluding hydrogens is 292 g/mol. The van der Waals surface area contributed by atoms with Crippen molar-refractivity contribution in [3.8, 4) is 0 Å². The molecule has 5 heteroatoms. The summed E-state index contributed by atoms with van der Waals surface area (Å²) in [6, 6.07) is 16.8. The van der Waals surface area contributed by atoms with Gasteiger partial charge in [-0.3, -0.25) is 0 Å². The van der Waals surface area contributed by atoms with Gasteiger partial charge < -0.3 is 14.5 Å². The van der Waals surface area contributed by atoms with E-state index in [1.165, 1.54) is 6.21 Å². The molecule has 0 bridgehead atoms. The fourth-order valence-electron chi connectivity index (χ4n) is 2.35. The van der Waals surface area contributed by atoms with Crippen LogP contribution in [0.15, 0.2) is 59.8 Å². The molecule has 1 saturated heterocycles. The number of carbonyl (C=O) groups excluding carboxylic acids is 1. The number of oxime groups is 1. The van der Waals surface area contributed by atoms with Gasteiger partial charge in [0, 0.05) is 18.8 Å². The first kappa shape index (κ1) is 15.2. The summed E-state index contributed by atoms with van der Waals surface area (Å²) < 4.78 is 5.35. The molecule has 118 valence electrons. The fourth-order valence-corrected chi connectivity index (χ4v) is 2.35. The van der Waals surface area contributed by atoms with Crippen LogP contribution >= 0.6 is 0 Å². The average molecular weight is 310 g/mol. The van der Waals surface area contributed by atoms with Crippen molar-refractivity contribution in [1.29, 1.82) is 0 Å². The Morgan fingerprint density at radius 1 is 1.04 bits per heavy atom. The van der Waals surface area contributed by atoms with Gasteiger partial charge >= 0.3 is 5.97 Å².